The van der Waals surface area contributed by atoms with Crippen LogP contribution in [0.3, 0.4) is 0 Å². The first-order chi connectivity index (χ1) is 14.7. The summed E-state index contributed by atoms with van der Waals surface area (Å²) < 4.78 is 0. The van der Waals surface area contributed by atoms with Crippen molar-refractivity contribution in [1.82, 2.24) is 31.1 Å². The number of rotatable bonds is 0. The molecule has 0 aliphatic carbocycles. The number of nitrogens with zero attached hydrogens (tertiary/aromatic N) is 2. The van der Waals surface area contributed by atoms with Crippen LogP contribution in [-0.2, 0) is 28.8 Å². The summed E-state index contributed by atoms with van der Waals surface area (Å²) in [6.45, 7) is 8.77. The number of amides is 6. The van der Waals surface area contributed by atoms with Crippen LogP contribution in [0.4, 0.5) is 0 Å². The van der Waals surface area contributed by atoms with Crippen LogP contribution in [-0.4, -0.2) is 95.6 Å². The Morgan fingerprint density at radius 2 is 0.781 bits per heavy atom. The Balaban J connectivity index is 3.21. The maximum Gasteiger partial charge on any atom is 0.245 e. The number of hydrogen-bond donors (Lipinski definition) is 4. The summed E-state index contributed by atoms with van der Waals surface area (Å²) in [5.74, 6) is -3.39. The Bertz CT molecular complexity index is 787. The SMILES string of the molecule is C[C@@H]1NC(=O)[C@H](C)NC(=O)[C@@H](C)N(C)C(=O)[C@H](C)N(C)C(=O)[C@H](C)NC(=O)[C@H](C)NC1=O. The molecule has 1 rings (SSSR count). The first-order valence-corrected chi connectivity index (χ1v) is 10.4. The highest BCUT2D eigenvalue weighted by molar-refractivity contribution is 5.97. The zero-order valence-corrected chi connectivity index (χ0v) is 19.8. The van der Waals surface area contributed by atoms with Gasteiger partial charge in [0.2, 0.25) is 35.4 Å². The van der Waals surface area contributed by atoms with E-state index in [1.807, 2.05) is 0 Å². The maximum atomic E-state index is 12.8. The second-order valence-corrected chi connectivity index (χ2v) is 8.17. The molecule has 0 radical (unpaired) electrons. The third kappa shape index (κ3) is 6.41. The predicted octanol–water partition coefficient (Wildman–Crippen LogP) is -2.29. The van der Waals surface area contributed by atoms with Crippen LogP contribution in [0.25, 0.3) is 0 Å². The first-order valence-electron chi connectivity index (χ1n) is 10.4. The minimum absolute atomic E-state index is 0.491. The summed E-state index contributed by atoms with van der Waals surface area (Å²) in [7, 11) is 2.84. The summed E-state index contributed by atoms with van der Waals surface area (Å²) in [6.07, 6.45) is 0. The van der Waals surface area contributed by atoms with Crippen molar-refractivity contribution in [3.8, 4) is 0 Å². The monoisotopic (exact) mass is 454 g/mol. The van der Waals surface area contributed by atoms with Crippen LogP contribution in [0, 0.1) is 0 Å². The Labute approximate surface area is 187 Å². The summed E-state index contributed by atoms with van der Waals surface area (Å²) in [5.41, 5.74) is 0. The van der Waals surface area contributed by atoms with Crippen LogP contribution in [0.2, 0.25) is 0 Å². The second-order valence-electron chi connectivity index (χ2n) is 8.17. The van der Waals surface area contributed by atoms with Crippen molar-refractivity contribution < 1.29 is 28.8 Å². The average molecular weight is 455 g/mol. The molecule has 0 unspecified atom stereocenters. The molecule has 6 amide bonds. The molecule has 6 atom stereocenters. The lowest BCUT2D eigenvalue weighted by atomic mass is 10.1. The van der Waals surface area contributed by atoms with Crippen molar-refractivity contribution in [2.75, 3.05) is 14.1 Å². The summed E-state index contributed by atoms with van der Waals surface area (Å²) >= 11 is 0. The largest absolute Gasteiger partial charge is 0.343 e. The van der Waals surface area contributed by atoms with Crippen LogP contribution >= 0.6 is 0 Å². The number of hydrogen-bond acceptors (Lipinski definition) is 6. The van der Waals surface area contributed by atoms with Gasteiger partial charge in [-0.3, -0.25) is 28.8 Å². The summed E-state index contributed by atoms with van der Waals surface area (Å²) in [5, 5.41) is 9.94. The lowest BCUT2D eigenvalue weighted by Crippen LogP contribution is -2.59. The molecule has 0 bridgehead atoms. The summed E-state index contributed by atoms with van der Waals surface area (Å²) in [4.78, 5) is 77.6. The smallest absolute Gasteiger partial charge is 0.245 e. The zero-order chi connectivity index (χ0) is 24.9. The fourth-order valence-electron chi connectivity index (χ4n) is 2.93. The standard InChI is InChI=1S/C20H34N6O6/c1-9-15(27)22-10(2)17(29)24-12(4)19(31)26(8)14(6)20(32)25(7)13(5)18(30)23-11(3)16(28)21-9/h9-14H,1-8H3,(H,21,28)(H,22,27)(H,23,30)(H,24,29)/t9-,10-,11-,12-,13+,14-/m0/s1. The van der Waals surface area contributed by atoms with Crippen LogP contribution in [0.1, 0.15) is 41.5 Å². The fraction of sp³-hybridized carbons (Fsp3) is 0.700. The zero-order valence-electron chi connectivity index (χ0n) is 19.8. The molecule has 1 fully saturated rings. The van der Waals surface area contributed by atoms with Gasteiger partial charge in [-0.05, 0) is 41.5 Å². The number of likely N-dealkylation sites (N-methyl/N-ethyl adjacent to an activating group) is 2. The third-order valence-electron chi connectivity index (χ3n) is 5.58. The van der Waals surface area contributed by atoms with E-state index in [-0.39, 0.29) is 0 Å². The van der Waals surface area contributed by atoms with E-state index in [2.05, 4.69) is 21.3 Å². The molecule has 1 saturated heterocycles. The molecule has 1 aliphatic rings. The first kappa shape index (κ1) is 26.9. The van der Waals surface area contributed by atoms with E-state index >= 15 is 0 Å². The molecule has 12 heteroatoms. The topological polar surface area (TPSA) is 157 Å². The van der Waals surface area contributed by atoms with Crippen molar-refractivity contribution in [2.45, 2.75) is 77.8 Å². The molecule has 32 heavy (non-hydrogen) atoms. The molecular weight excluding hydrogens is 420 g/mol. The second kappa shape index (κ2) is 10.9. The summed E-state index contributed by atoms with van der Waals surface area (Å²) in [6, 6.07) is -5.76. The van der Waals surface area contributed by atoms with Gasteiger partial charge in [0.15, 0.2) is 0 Å². The molecule has 12 nitrogen and oxygen atoms in total. The molecule has 1 aliphatic heterocycles. The van der Waals surface area contributed by atoms with E-state index in [9.17, 15) is 28.8 Å². The third-order valence-corrected chi connectivity index (χ3v) is 5.58. The van der Waals surface area contributed by atoms with E-state index in [0.717, 1.165) is 0 Å². The van der Waals surface area contributed by atoms with E-state index < -0.39 is 71.7 Å². The van der Waals surface area contributed by atoms with Gasteiger partial charge in [-0.2, -0.15) is 0 Å². The molecule has 4 N–H and O–H groups in total. The van der Waals surface area contributed by atoms with Gasteiger partial charge >= 0.3 is 0 Å². The van der Waals surface area contributed by atoms with Gasteiger partial charge in [0, 0.05) is 14.1 Å². The minimum Gasteiger partial charge on any atom is -0.343 e. The van der Waals surface area contributed by atoms with Crippen LogP contribution < -0.4 is 21.3 Å². The van der Waals surface area contributed by atoms with Gasteiger partial charge in [-0.15, -0.1) is 0 Å². The highest BCUT2D eigenvalue weighted by Crippen LogP contribution is 2.07. The van der Waals surface area contributed by atoms with Crippen molar-refractivity contribution in [3.05, 3.63) is 0 Å². The van der Waals surface area contributed by atoms with Gasteiger partial charge in [0.05, 0.1) is 0 Å². The average Bonchev–Trinajstić information content (AvgIpc) is 2.74. The number of carbonyl (C=O) groups is 6. The highest BCUT2D eigenvalue weighted by Gasteiger charge is 2.33. The maximum absolute atomic E-state index is 12.8. The Morgan fingerprint density at radius 3 is 1.19 bits per heavy atom. The Hall–Kier alpha value is -3.18. The van der Waals surface area contributed by atoms with Crippen LogP contribution in [0.15, 0.2) is 0 Å². The lowest BCUT2D eigenvalue weighted by molar-refractivity contribution is -0.148. The van der Waals surface area contributed by atoms with Gasteiger partial charge in [-0.1, -0.05) is 0 Å². The van der Waals surface area contributed by atoms with Crippen molar-refractivity contribution in [2.24, 2.45) is 0 Å². The molecule has 180 valence electrons. The van der Waals surface area contributed by atoms with E-state index in [4.69, 9.17) is 0 Å². The molecule has 0 saturated carbocycles. The molecule has 0 aromatic heterocycles. The van der Waals surface area contributed by atoms with Crippen molar-refractivity contribution >= 4 is 35.4 Å². The molecule has 0 aromatic rings. The molecule has 0 spiro atoms. The fourth-order valence-corrected chi connectivity index (χ4v) is 2.93. The van der Waals surface area contributed by atoms with Gasteiger partial charge in [-0.25, -0.2) is 0 Å². The van der Waals surface area contributed by atoms with Crippen molar-refractivity contribution in [1.29, 1.82) is 0 Å². The van der Waals surface area contributed by atoms with E-state index in [1.165, 1.54) is 65.4 Å². The van der Waals surface area contributed by atoms with Gasteiger partial charge in [0.25, 0.3) is 0 Å². The Morgan fingerprint density at radius 1 is 0.469 bits per heavy atom. The number of nitrogens with one attached hydrogen (secondary N) is 4. The van der Waals surface area contributed by atoms with E-state index in [1.54, 1.807) is 0 Å². The number of carbonyl (C=O) groups excluding carboxylic acids is 6. The van der Waals surface area contributed by atoms with E-state index in [0.29, 0.717) is 0 Å². The van der Waals surface area contributed by atoms with Crippen LogP contribution in [0.5, 0.6) is 0 Å². The molecular formula is C20H34N6O6. The lowest BCUT2D eigenvalue weighted by Gasteiger charge is -2.33. The Kier molecular flexibility index (Phi) is 9.16. The normalized spacial score (nSPS) is 32.4. The quantitative estimate of drug-likeness (QED) is 0.323. The van der Waals surface area contributed by atoms with Gasteiger partial charge < -0.3 is 31.1 Å². The van der Waals surface area contributed by atoms with Crippen molar-refractivity contribution in [3.63, 3.8) is 0 Å². The predicted molar refractivity (Wildman–Crippen MR) is 115 cm³/mol. The molecule has 0 aromatic carbocycles. The minimum atomic E-state index is -0.983. The highest BCUT2D eigenvalue weighted by atomic mass is 16.2. The van der Waals surface area contributed by atoms with Gasteiger partial charge in [0.1, 0.15) is 36.3 Å². The molecule has 1 heterocycles.